The van der Waals surface area contributed by atoms with Crippen molar-refractivity contribution in [1.82, 2.24) is 10.1 Å². The van der Waals surface area contributed by atoms with Crippen LogP contribution in [0.15, 0.2) is 51.9 Å². The Hall–Kier alpha value is -2.45. The normalized spacial score (nSPS) is 11.5. The number of benzene rings is 2. The number of para-hydroxylation sites is 1. The van der Waals surface area contributed by atoms with Crippen LogP contribution in [-0.2, 0) is 16.4 Å². The lowest BCUT2D eigenvalue weighted by atomic mass is 10.1. The number of halogens is 2. The SMILES string of the molecule is Cc1noc(Cc2ccccc2NS(=O)(=O)c2ccc(F)c(Cl)c2)n1. The molecule has 0 aliphatic heterocycles. The van der Waals surface area contributed by atoms with E-state index in [-0.39, 0.29) is 16.3 Å². The second-order valence-electron chi connectivity index (χ2n) is 5.25. The smallest absolute Gasteiger partial charge is 0.261 e. The van der Waals surface area contributed by atoms with Crippen molar-refractivity contribution >= 4 is 27.3 Å². The Morgan fingerprint density at radius 2 is 2.00 bits per heavy atom. The van der Waals surface area contributed by atoms with Gasteiger partial charge in [0.2, 0.25) is 5.89 Å². The van der Waals surface area contributed by atoms with Gasteiger partial charge in [-0.15, -0.1) is 0 Å². The van der Waals surface area contributed by atoms with Crippen LogP contribution in [0.25, 0.3) is 0 Å². The van der Waals surface area contributed by atoms with Gasteiger partial charge in [-0.05, 0) is 36.8 Å². The molecule has 1 N–H and O–H groups in total. The molecule has 0 saturated carbocycles. The van der Waals surface area contributed by atoms with Crippen molar-refractivity contribution in [2.45, 2.75) is 18.2 Å². The molecule has 130 valence electrons. The number of hydrogen-bond acceptors (Lipinski definition) is 5. The highest BCUT2D eigenvalue weighted by atomic mass is 35.5. The van der Waals surface area contributed by atoms with Crippen LogP contribution in [0.4, 0.5) is 10.1 Å². The van der Waals surface area contributed by atoms with Crippen LogP contribution < -0.4 is 4.72 Å². The first kappa shape index (κ1) is 17.4. The highest BCUT2D eigenvalue weighted by Crippen LogP contribution is 2.24. The van der Waals surface area contributed by atoms with Gasteiger partial charge in [0.05, 0.1) is 22.0 Å². The summed E-state index contributed by atoms with van der Waals surface area (Å²) in [6.45, 7) is 1.69. The van der Waals surface area contributed by atoms with E-state index in [0.717, 1.165) is 18.2 Å². The summed E-state index contributed by atoms with van der Waals surface area (Å²) in [4.78, 5) is 3.97. The maximum Gasteiger partial charge on any atom is 0.261 e. The van der Waals surface area contributed by atoms with Gasteiger partial charge >= 0.3 is 0 Å². The molecule has 0 saturated heterocycles. The van der Waals surface area contributed by atoms with Crippen molar-refractivity contribution in [2.75, 3.05) is 4.72 Å². The molecular weight excluding hydrogens is 369 g/mol. The zero-order valence-electron chi connectivity index (χ0n) is 13.0. The van der Waals surface area contributed by atoms with Gasteiger partial charge in [0.1, 0.15) is 5.82 Å². The summed E-state index contributed by atoms with van der Waals surface area (Å²) in [6, 6.07) is 10.0. The number of aromatic nitrogens is 2. The van der Waals surface area contributed by atoms with Gasteiger partial charge in [0, 0.05) is 0 Å². The molecule has 9 heteroatoms. The first-order chi connectivity index (χ1) is 11.8. The highest BCUT2D eigenvalue weighted by Gasteiger charge is 2.18. The number of hydrogen-bond donors (Lipinski definition) is 1. The second-order valence-corrected chi connectivity index (χ2v) is 7.34. The highest BCUT2D eigenvalue weighted by molar-refractivity contribution is 7.92. The van der Waals surface area contributed by atoms with Crippen LogP contribution in [0.2, 0.25) is 5.02 Å². The average Bonchev–Trinajstić information content (AvgIpc) is 2.96. The molecular formula is C16H13ClFN3O3S. The molecule has 0 aliphatic carbocycles. The molecule has 0 aliphatic rings. The van der Waals surface area contributed by atoms with Crippen LogP contribution in [0.1, 0.15) is 17.3 Å². The Kier molecular flexibility index (Phi) is 4.73. The summed E-state index contributed by atoms with van der Waals surface area (Å²) in [5, 5.41) is 3.44. The van der Waals surface area contributed by atoms with Gasteiger partial charge in [-0.25, -0.2) is 12.8 Å². The lowest BCUT2D eigenvalue weighted by Gasteiger charge is -2.12. The van der Waals surface area contributed by atoms with Crippen molar-refractivity contribution in [2.24, 2.45) is 0 Å². The zero-order chi connectivity index (χ0) is 18.0. The van der Waals surface area contributed by atoms with Crippen molar-refractivity contribution in [1.29, 1.82) is 0 Å². The third-order valence-corrected chi connectivity index (χ3v) is 5.03. The number of rotatable bonds is 5. The Morgan fingerprint density at radius 1 is 1.24 bits per heavy atom. The maximum absolute atomic E-state index is 13.3. The minimum atomic E-state index is -3.93. The van der Waals surface area contributed by atoms with Crippen molar-refractivity contribution in [3.05, 3.63) is 70.6 Å². The zero-order valence-corrected chi connectivity index (χ0v) is 14.6. The van der Waals surface area contributed by atoms with Crippen LogP contribution in [-0.4, -0.2) is 18.6 Å². The summed E-state index contributed by atoms with van der Waals surface area (Å²) in [5.74, 6) is 0.177. The molecule has 1 aromatic heterocycles. The predicted octanol–water partition coefficient (Wildman–Crippen LogP) is 3.56. The Bertz CT molecular complexity index is 1020. The molecule has 2 aromatic carbocycles. The topological polar surface area (TPSA) is 85.1 Å². The summed E-state index contributed by atoms with van der Waals surface area (Å²) in [6.07, 6.45) is 0.268. The predicted molar refractivity (Wildman–Crippen MR) is 90.5 cm³/mol. The molecule has 0 radical (unpaired) electrons. The number of nitrogens with one attached hydrogen (secondary N) is 1. The Labute approximate surface area is 148 Å². The lowest BCUT2D eigenvalue weighted by molar-refractivity contribution is 0.381. The first-order valence-corrected chi connectivity index (χ1v) is 9.06. The van der Waals surface area contributed by atoms with Crippen molar-refractivity contribution in [3.63, 3.8) is 0 Å². The number of nitrogens with zero attached hydrogens (tertiary/aromatic N) is 2. The van der Waals surface area contributed by atoms with E-state index in [2.05, 4.69) is 14.9 Å². The van der Waals surface area contributed by atoms with E-state index in [1.807, 2.05) is 0 Å². The molecule has 0 spiro atoms. The fourth-order valence-corrected chi connectivity index (χ4v) is 3.57. The number of sulfonamides is 1. The largest absolute Gasteiger partial charge is 0.339 e. The minimum absolute atomic E-state index is 0.137. The standard InChI is InChI=1S/C16H13ClFN3O3S/c1-10-19-16(24-20-10)8-11-4-2-3-5-15(11)21-25(22,23)12-6-7-14(18)13(17)9-12/h2-7,9,21H,8H2,1H3. The summed E-state index contributed by atoms with van der Waals surface area (Å²) >= 11 is 5.67. The molecule has 6 nitrogen and oxygen atoms in total. The number of anilines is 1. The molecule has 0 bridgehead atoms. The van der Waals surface area contributed by atoms with E-state index in [1.54, 1.807) is 31.2 Å². The van der Waals surface area contributed by atoms with E-state index in [0.29, 0.717) is 23.0 Å². The van der Waals surface area contributed by atoms with Crippen molar-refractivity contribution in [3.8, 4) is 0 Å². The van der Waals surface area contributed by atoms with E-state index in [1.165, 1.54) is 0 Å². The molecule has 0 atom stereocenters. The Balaban J connectivity index is 1.90. The second kappa shape index (κ2) is 6.81. The van der Waals surface area contributed by atoms with Crippen LogP contribution in [0.5, 0.6) is 0 Å². The number of aryl methyl sites for hydroxylation is 1. The maximum atomic E-state index is 13.3. The van der Waals surface area contributed by atoms with E-state index >= 15 is 0 Å². The monoisotopic (exact) mass is 381 g/mol. The van der Waals surface area contributed by atoms with Crippen LogP contribution >= 0.6 is 11.6 Å². The van der Waals surface area contributed by atoms with Gasteiger partial charge in [-0.1, -0.05) is 35.0 Å². The molecule has 0 amide bonds. The third kappa shape index (κ3) is 3.97. The molecule has 25 heavy (non-hydrogen) atoms. The van der Waals surface area contributed by atoms with E-state index in [4.69, 9.17) is 16.1 Å². The third-order valence-electron chi connectivity index (χ3n) is 3.37. The summed E-state index contributed by atoms with van der Waals surface area (Å²) in [7, 11) is -3.93. The quantitative estimate of drug-likeness (QED) is 0.730. The molecule has 0 fully saturated rings. The first-order valence-electron chi connectivity index (χ1n) is 7.20. The molecule has 1 heterocycles. The lowest BCUT2D eigenvalue weighted by Crippen LogP contribution is -2.14. The van der Waals surface area contributed by atoms with Gasteiger partial charge < -0.3 is 4.52 Å². The van der Waals surface area contributed by atoms with Gasteiger partial charge in [0.15, 0.2) is 5.82 Å². The summed E-state index contributed by atoms with van der Waals surface area (Å²) in [5.41, 5.74) is 1.02. The van der Waals surface area contributed by atoms with Crippen LogP contribution in [0.3, 0.4) is 0 Å². The molecule has 0 unspecified atom stereocenters. The summed E-state index contributed by atoms with van der Waals surface area (Å²) < 4.78 is 45.9. The Morgan fingerprint density at radius 3 is 2.68 bits per heavy atom. The van der Waals surface area contributed by atoms with E-state index < -0.39 is 15.8 Å². The van der Waals surface area contributed by atoms with Crippen molar-refractivity contribution < 1.29 is 17.3 Å². The molecule has 3 rings (SSSR count). The molecule has 3 aromatic rings. The minimum Gasteiger partial charge on any atom is -0.339 e. The van der Waals surface area contributed by atoms with Gasteiger partial charge in [-0.3, -0.25) is 4.72 Å². The van der Waals surface area contributed by atoms with Gasteiger partial charge in [0.25, 0.3) is 10.0 Å². The van der Waals surface area contributed by atoms with Crippen LogP contribution in [0, 0.1) is 12.7 Å². The fraction of sp³-hybridized carbons (Fsp3) is 0.125. The fourth-order valence-electron chi connectivity index (χ4n) is 2.20. The average molecular weight is 382 g/mol. The van der Waals surface area contributed by atoms with E-state index in [9.17, 15) is 12.8 Å². The van der Waals surface area contributed by atoms with Gasteiger partial charge in [-0.2, -0.15) is 4.98 Å².